The average Bonchev–Trinajstić information content (AvgIpc) is 3.27. The molecule has 2 aromatic carbocycles. The number of halogens is 1. The Morgan fingerprint density at radius 2 is 1.78 bits per heavy atom. The van der Waals surface area contributed by atoms with Gasteiger partial charge in [0.2, 0.25) is 0 Å². The molecule has 1 fully saturated rings. The number of fused-ring (bicyclic) bond motifs is 1. The zero-order valence-corrected chi connectivity index (χ0v) is 19.9. The molecule has 0 atom stereocenters. The van der Waals surface area contributed by atoms with Crippen LogP contribution in [0.2, 0.25) is 0 Å². The van der Waals surface area contributed by atoms with Crippen LogP contribution in [0.5, 0.6) is 0 Å². The van der Waals surface area contributed by atoms with Gasteiger partial charge in [-0.05, 0) is 42.7 Å². The molecule has 184 valence electrons. The minimum atomic E-state index is -0.435. The fourth-order valence-corrected chi connectivity index (χ4v) is 4.64. The summed E-state index contributed by atoms with van der Waals surface area (Å²) in [6.07, 6.45) is 1.50. The number of aromatic nitrogens is 3. The van der Waals surface area contributed by atoms with Gasteiger partial charge in [-0.1, -0.05) is 30.3 Å². The number of anilines is 1. The molecule has 0 unspecified atom stereocenters. The van der Waals surface area contributed by atoms with Crippen molar-refractivity contribution in [3.63, 3.8) is 0 Å². The number of amides is 1. The molecule has 2 aromatic heterocycles. The molecule has 36 heavy (non-hydrogen) atoms. The van der Waals surface area contributed by atoms with Crippen LogP contribution in [0.3, 0.4) is 0 Å². The minimum absolute atomic E-state index is 0.0291. The lowest BCUT2D eigenvalue weighted by atomic mass is 9.92. The van der Waals surface area contributed by atoms with Crippen LogP contribution in [-0.2, 0) is 16.1 Å². The SMILES string of the molecule is CC(=O)OCc1nn2c(N)cc(C3CCN(C(=O)c4ccccc4)CC3)nc2c1-c1ccc(F)cc1. The Morgan fingerprint density at radius 3 is 2.44 bits per heavy atom. The second-order valence-corrected chi connectivity index (χ2v) is 8.88. The zero-order chi connectivity index (χ0) is 25.2. The quantitative estimate of drug-likeness (QED) is 0.423. The first-order chi connectivity index (χ1) is 17.4. The Morgan fingerprint density at radius 1 is 1.08 bits per heavy atom. The van der Waals surface area contributed by atoms with Crippen LogP contribution in [0.25, 0.3) is 16.8 Å². The van der Waals surface area contributed by atoms with Gasteiger partial charge in [0.25, 0.3) is 5.91 Å². The van der Waals surface area contributed by atoms with Gasteiger partial charge < -0.3 is 15.4 Å². The molecule has 5 rings (SSSR count). The van der Waals surface area contributed by atoms with E-state index in [9.17, 15) is 14.0 Å². The fraction of sp³-hybridized carbons (Fsp3) is 0.259. The summed E-state index contributed by atoms with van der Waals surface area (Å²) in [6, 6.07) is 17.1. The Kier molecular flexibility index (Phi) is 6.37. The summed E-state index contributed by atoms with van der Waals surface area (Å²) < 4.78 is 20.3. The number of nitrogens with two attached hydrogens (primary N) is 1. The van der Waals surface area contributed by atoms with Gasteiger partial charge in [-0.2, -0.15) is 9.61 Å². The number of rotatable bonds is 5. The van der Waals surface area contributed by atoms with E-state index in [-0.39, 0.29) is 24.2 Å². The van der Waals surface area contributed by atoms with Crippen molar-refractivity contribution < 1.29 is 18.7 Å². The highest BCUT2D eigenvalue weighted by molar-refractivity contribution is 5.94. The van der Waals surface area contributed by atoms with Crippen LogP contribution in [-0.4, -0.2) is 44.5 Å². The largest absolute Gasteiger partial charge is 0.459 e. The molecule has 0 aliphatic carbocycles. The molecule has 0 spiro atoms. The summed E-state index contributed by atoms with van der Waals surface area (Å²) in [5, 5.41) is 4.54. The molecule has 0 bridgehead atoms. The minimum Gasteiger partial charge on any atom is -0.459 e. The third-order valence-electron chi connectivity index (χ3n) is 6.48. The van der Waals surface area contributed by atoms with Gasteiger partial charge in [-0.15, -0.1) is 0 Å². The average molecular weight is 488 g/mol. The maximum atomic E-state index is 13.6. The van der Waals surface area contributed by atoms with Crippen molar-refractivity contribution in [2.24, 2.45) is 0 Å². The van der Waals surface area contributed by atoms with Gasteiger partial charge in [-0.25, -0.2) is 9.37 Å². The van der Waals surface area contributed by atoms with Crippen LogP contribution in [0.15, 0.2) is 60.7 Å². The number of hydrogen-bond acceptors (Lipinski definition) is 6. The van der Waals surface area contributed by atoms with Crippen LogP contribution in [0.1, 0.15) is 47.4 Å². The van der Waals surface area contributed by atoms with E-state index in [2.05, 4.69) is 5.10 Å². The van der Waals surface area contributed by atoms with Crippen LogP contribution < -0.4 is 5.73 Å². The molecule has 1 aliphatic heterocycles. The summed E-state index contributed by atoms with van der Waals surface area (Å²) in [6.45, 7) is 2.51. The second kappa shape index (κ2) is 9.77. The van der Waals surface area contributed by atoms with E-state index in [0.29, 0.717) is 46.9 Å². The monoisotopic (exact) mass is 487 g/mol. The van der Waals surface area contributed by atoms with Crippen molar-refractivity contribution in [2.45, 2.75) is 32.3 Å². The van der Waals surface area contributed by atoms with E-state index in [1.807, 2.05) is 41.3 Å². The van der Waals surface area contributed by atoms with Crippen molar-refractivity contribution >= 4 is 23.3 Å². The summed E-state index contributed by atoms with van der Waals surface area (Å²) in [7, 11) is 0. The summed E-state index contributed by atoms with van der Waals surface area (Å²) >= 11 is 0. The maximum Gasteiger partial charge on any atom is 0.303 e. The van der Waals surface area contributed by atoms with E-state index < -0.39 is 5.97 Å². The number of likely N-dealkylation sites (tertiary alicyclic amines) is 1. The molecule has 9 heteroatoms. The number of nitrogens with zero attached hydrogens (tertiary/aromatic N) is 4. The summed E-state index contributed by atoms with van der Waals surface area (Å²) in [5.74, 6) is -0.251. The van der Waals surface area contributed by atoms with Gasteiger partial charge in [-0.3, -0.25) is 9.59 Å². The van der Waals surface area contributed by atoms with Crippen molar-refractivity contribution in [1.29, 1.82) is 0 Å². The molecule has 1 saturated heterocycles. The van der Waals surface area contributed by atoms with E-state index in [1.165, 1.54) is 23.6 Å². The van der Waals surface area contributed by atoms with Crippen molar-refractivity contribution in [2.75, 3.05) is 18.8 Å². The second-order valence-electron chi connectivity index (χ2n) is 8.88. The lowest BCUT2D eigenvalue weighted by Crippen LogP contribution is -2.38. The van der Waals surface area contributed by atoms with E-state index in [1.54, 1.807) is 12.1 Å². The highest BCUT2D eigenvalue weighted by Gasteiger charge is 2.27. The Hall–Kier alpha value is -4.27. The van der Waals surface area contributed by atoms with Crippen molar-refractivity contribution in [3.8, 4) is 11.1 Å². The molecular formula is C27H26FN5O3. The summed E-state index contributed by atoms with van der Waals surface area (Å²) in [4.78, 5) is 31.1. The molecule has 8 nitrogen and oxygen atoms in total. The highest BCUT2D eigenvalue weighted by Crippen LogP contribution is 2.33. The van der Waals surface area contributed by atoms with Gasteiger partial charge in [0.15, 0.2) is 5.65 Å². The summed E-state index contributed by atoms with van der Waals surface area (Å²) in [5.41, 5.74) is 10.2. The molecule has 2 N–H and O–H groups in total. The number of piperidine rings is 1. The Labute approximate surface area is 207 Å². The lowest BCUT2D eigenvalue weighted by molar-refractivity contribution is -0.142. The van der Waals surface area contributed by atoms with Gasteiger partial charge in [0.1, 0.15) is 23.9 Å². The molecule has 3 heterocycles. The molecule has 4 aromatic rings. The fourth-order valence-electron chi connectivity index (χ4n) is 4.64. The first-order valence-electron chi connectivity index (χ1n) is 11.8. The molecular weight excluding hydrogens is 461 g/mol. The van der Waals surface area contributed by atoms with Crippen molar-refractivity contribution in [3.05, 3.63) is 83.4 Å². The van der Waals surface area contributed by atoms with E-state index in [4.69, 9.17) is 15.5 Å². The predicted molar refractivity (Wildman–Crippen MR) is 133 cm³/mol. The third-order valence-corrected chi connectivity index (χ3v) is 6.48. The Bertz CT molecular complexity index is 1410. The zero-order valence-electron chi connectivity index (χ0n) is 19.9. The van der Waals surface area contributed by atoms with Gasteiger partial charge >= 0.3 is 5.97 Å². The number of ether oxygens (including phenoxy) is 1. The number of benzene rings is 2. The molecule has 1 aliphatic rings. The predicted octanol–water partition coefficient (Wildman–Crippen LogP) is 4.20. The topological polar surface area (TPSA) is 103 Å². The molecule has 0 radical (unpaired) electrons. The third kappa shape index (κ3) is 4.64. The van der Waals surface area contributed by atoms with Crippen LogP contribution >= 0.6 is 0 Å². The van der Waals surface area contributed by atoms with Crippen LogP contribution in [0.4, 0.5) is 10.2 Å². The smallest absolute Gasteiger partial charge is 0.303 e. The van der Waals surface area contributed by atoms with Gasteiger partial charge in [0, 0.05) is 43.3 Å². The number of carbonyl (C=O) groups is 2. The van der Waals surface area contributed by atoms with E-state index >= 15 is 0 Å². The Balaban J connectivity index is 1.46. The standard InChI is InChI=1S/C27H26FN5O3/c1-17(34)36-16-23-25(19-7-9-21(28)10-8-19)26-30-22(15-24(29)33(26)31-23)18-11-13-32(14-12-18)27(35)20-5-3-2-4-6-20/h2-10,15,18H,11-14,16,29H2,1H3. The highest BCUT2D eigenvalue weighted by atomic mass is 19.1. The molecule has 0 saturated carbocycles. The number of carbonyl (C=O) groups excluding carboxylic acids is 2. The van der Waals surface area contributed by atoms with E-state index in [0.717, 1.165) is 18.5 Å². The van der Waals surface area contributed by atoms with Gasteiger partial charge in [0.05, 0.1) is 5.56 Å². The first-order valence-corrected chi connectivity index (χ1v) is 11.8. The normalized spacial score (nSPS) is 14.2. The number of nitrogen functional groups attached to an aromatic ring is 1. The molecule has 1 amide bonds. The lowest BCUT2D eigenvalue weighted by Gasteiger charge is -2.32. The van der Waals surface area contributed by atoms with Crippen LogP contribution in [0, 0.1) is 5.82 Å². The first kappa shape index (κ1) is 23.5. The number of esters is 1. The van der Waals surface area contributed by atoms with Crippen molar-refractivity contribution in [1.82, 2.24) is 19.5 Å². The number of hydrogen-bond donors (Lipinski definition) is 1. The maximum absolute atomic E-state index is 13.6.